The molecule has 2 N–H and O–H groups in total. The zero-order chi connectivity index (χ0) is 17.5. The van der Waals surface area contributed by atoms with Crippen molar-refractivity contribution in [3.8, 4) is 0 Å². The average Bonchev–Trinajstić information content (AvgIpc) is 2.50. The van der Waals surface area contributed by atoms with Gasteiger partial charge in [0, 0.05) is 12.1 Å². The lowest BCUT2D eigenvalue weighted by atomic mass is 10.1. The third kappa shape index (κ3) is 6.50. The summed E-state index contributed by atoms with van der Waals surface area (Å²) in [6, 6.07) is 5.67. The zero-order valence-electron chi connectivity index (χ0n) is 12.8. The van der Waals surface area contributed by atoms with E-state index >= 15 is 0 Å². The number of hydrogen-bond acceptors (Lipinski definition) is 3. The minimum atomic E-state index is -4.93. The molecule has 0 aliphatic heterocycles. The van der Waals surface area contributed by atoms with Crippen molar-refractivity contribution in [2.24, 2.45) is 5.10 Å². The molecule has 0 aliphatic carbocycles. The number of carbonyl (C=O) groups is 2. The van der Waals surface area contributed by atoms with E-state index in [1.54, 1.807) is 12.2 Å². The fourth-order valence-corrected chi connectivity index (χ4v) is 1.60. The molecule has 2 amide bonds. The predicted molar refractivity (Wildman–Crippen MR) is 81.0 cm³/mol. The zero-order valence-corrected chi connectivity index (χ0v) is 12.8. The van der Waals surface area contributed by atoms with Gasteiger partial charge in [-0.2, -0.15) is 18.3 Å². The Morgan fingerprint density at radius 2 is 1.78 bits per heavy atom. The molecule has 0 fully saturated rings. The second-order valence-electron chi connectivity index (χ2n) is 4.86. The molecule has 0 radical (unpaired) electrons. The Bertz CT molecular complexity index is 581. The first-order valence-corrected chi connectivity index (χ1v) is 7.05. The molecule has 23 heavy (non-hydrogen) atoms. The fraction of sp³-hybridized carbons (Fsp3) is 0.400. The van der Waals surface area contributed by atoms with Gasteiger partial charge in [0.1, 0.15) is 0 Å². The minimum Gasteiger partial charge on any atom is -0.318 e. The number of halogens is 3. The highest BCUT2D eigenvalue weighted by atomic mass is 19.4. The van der Waals surface area contributed by atoms with Crippen LogP contribution in [0.15, 0.2) is 29.4 Å². The van der Waals surface area contributed by atoms with E-state index < -0.39 is 12.1 Å². The van der Waals surface area contributed by atoms with Gasteiger partial charge in [0.15, 0.2) is 0 Å². The average molecular weight is 329 g/mol. The lowest BCUT2D eigenvalue weighted by Gasteiger charge is -2.08. The van der Waals surface area contributed by atoms with Gasteiger partial charge in [-0.25, -0.2) is 5.43 Å². The third-order valence-electron chi connectivity index (χ3n) is 2.92. The van der Waals surface area contributed by atoms with Gasteiger partial charge in [0.05, 0.1) is 5.71 Å². The summed E-state index contributed by atoms with van der Waals surface area (Å²) in [5.41, 5.74) is 3.56. The van der Waals surface area contributed by atoms with Crippen molar-refractivity contribution in [1.82, 2.24) is 5.43 Å². The van der Waals surface area contributed by atoms with Gasteiger partial charge in [-0.05, 0) is 31.0 Å². The van der Waals surface area contributed by atoms with E-state index in [0.717, 1.165) is 12.8 Å². The monoisotopic (exact) mass is 329 g/mol. The standard InChI is InChI=1S/C15H18F3N3O2/c1-3-4-5-13(22)21-20-10(2)11-6-8-12(9-7-11)19-14(23)15(16,17)18/h6-9H,3-5H2,1-2H3,(H,19,23)(H,21,22)/b20-10+. The van der Waals surface area contributed by atoms with Crippen molar-refractivity contribution in [3.05, 3.63) is 29.8 Å². The third-order valence-corrected chi connectivity index (χ3v) is 2.92. The van der Waals surface area contributed by atoms with Gasteiger partial charge in [-0.1, -0.05) is 25.5 Å². The number of nitrogens with zero attached hydrogens (tertiary/aromatic N) is 1. The Labute approximate surface area is 132 Å². The highest BCUT2D eigenvalue weighted by Crippen LogP contribution is 2.18. The van der Waals surface area contributed by atoms with Crippen LogP contribution in [0, 0.1) is 0 Å². The molecule has 0 saturated carbocycles. The quantitative estimate of drug-likeness (QED) is 0.621. The van der Waals surface area contributed by atoms with Crippen LogP contribution in [-0.2, 0) is 9.59 Å². The van der Waals surface area contributed by atoms with Gasteiger partial charge in [-0.3, -0.25) is 9.59 Å². The predicted octanol–water partition coefficient (Wildman–Crippen LogP) is 3.22. The summed E-state index contributed by atoms with van der Waals surface area (Å²) in [7, 11) is 0. The number of nitrogens with one attached hydrogen (secondary N) is 2. The van der Waals surface area contributed by atoms with Crippen LogP contribution < -0.4 is 10.7 Å². The number of unbranched alkanes of at least 4 members (excludes halogenated alkanes) is 1. The van der Waals surface area contributed by atoms with Crippen LogP contribution in [0.3, 0.4) is 0 Å². The number of rotatable bonds is 6. The SMILES string of the molecule is CCCCC(=O)N/N=C(\C)c1ccc(NC(=O)C(F)(F)F)cc1. The molecule has 0 atom stereocenters. The van der Waals surface area contributed by atoms with E-state index in [1.165, 1.54) is 24.3 Å². The first-order valence-electron chi connectivity index (χ1n) is 7.05. The molecule has 8 heteroatoms. The Kier molecular flexibility index (Phi) is 6.74. The molecular formula is C15H18F3N3O2. The minimum absolute atomic E-state index is 0.0239. The van der Waals surface area contributed by atoms with Crippen LogP contribution in [0.2, 0.25) is 0 Å². The lowest BCUT2D eigenvalue weighted by molar-refractivity contribution is -0.167. The Morgan fingerprint density at radius 1 is 1.17 bits per heavy atom. The second-order valence-corrected chi connectivity index (χ2v) is 4.86. The second kappa shape index (κ2) is 8.30. The smallest absolute Gasteiger partial charge is 0.318 e. The maximum Gasteiger partial charge on any atom is 0.471 e. The molecule has 0 saturated heterocycles. The summed E-state index contributed by atoms with van der Waals surface area (Å²) < 4.78 is 36.4. The number of amides is 2. The van der Waals surface area contributed by atoms with Crippen LogP contribution in [-0.4, -0.2) is 23.7 Å². The van der Waals surface area contributed by atoms with E-state index in [0.29, 0.717) is 17.7 Å². The van der Waals surface area contributed by atoms with Crippen molar-refractivity contribution in [1.29, 1.82) is 0 Å². The van der Waals surface area contributed by atoms with Crippen molar-refractivity contribution >= 4 is 23.2 Å². The van der Waals surface area contributed by atoms with Gasteiger partial charge in [-0.15, -0.1) is 0 Å². The maximum atomic E-state index is 12.1. The van der Waals surface area contributed by atoms with Crippen LogP contribution in [0.4, 0.5) is 18.9 Å². The normalized spacial score (nSPS) is 12.0. The first kappa shape index (κ1) is 18.7. The molecule has 0 spiro atoms. The Morgan fingerprint density at radius 3 is 2.30 bits per heavy atom. The van der Waals surface area contributed by atoms with E-state index in [9.17, 15) is 22.8 Å². The summed E-state index contributed by atoms with van der Waals surface area (Å²) in [5, 5.41) is 5.67. The topological polar surface area (TPSA) is 70.6 Å². The maximum absolute atomic E-state index is 12.1. The molecule has 5 nitrogen and oxygen atoms in total. The van der Waals surface area contributed by atoms with Gasteiger partial charge >= 0.3 is 12.1 Å². The van der Waals surface area contributed by atoms with E-state index in [4.69, 9.17) is 0 Å². The summed E-state index contributed by atoms with van der Waals surface area (Å²) in [4.78, 5) is 22.2. The fourth-order valence-electron chi connectivity index (χ4n) is 1.60. The van der Waals surface area contributed by atoms with Crippen molar-refractivity contribution in [2.45, 2.75) is 39.3 Å². The number of hydrogen-bond donors (Lipinski definition) is 2. The number of benzene rings is 1. The van der Waals surface area contributed by atoms with Crippen LogP contribution >= 0.6 is 0 Å². The first-order chi connectivity index (χ1) is 10.7. The molecule has 1 rings (SSSR count). The highest BCUT2D eigenvalue weighted by Gasteiger charge is 2.38. The van der Waals surface area contributed by atoms with Crippen molar-refractivity contribution < 1.29 is 22.8 Å². The van der Waals surface area contributed by atoms with Gasteiger partial charge in [0.25, 0.3) is 0 Å². The van der Waals surface area contributed by atoms with Crippen LogP contribution in [0.25, 0.3) is 0 Å². The molecule has 0 heterocycles. The van der Waals surface area contributed by atoms with Gasteiger partial charge < -0.3 is 5.32 Å². The molecule has 0 bridgehead atoms. The van der Waals surface area contributed by atoms with E-state index in [2.05, 4.69) is 10.5 Å². The largest absolute Gasteiger partial charge is 0.471 e. The van der Waals surface area contributed by atoms with Crippen LogP contribution in [0.1, 0.15) is 38.7 Å². The Hall–Kier alpha value is -2.38. The van der Waals surface area contributed by atoms with Crippen LogP contribution in [0.5, 0.6) is 0 Å². The number of hydrazone groups is 1. The summed E-state index contributed by atoms with van der Waals surface area (Å²) in [6.45, 7) is 3.63. The summed E-state index contributed by atoms with van der Waals surface area (Å²) in [5.74, 6) is -2.22. The molecule has 1 aromatic carbocycles. The molecule has 0 aromatic heterocycles. The van der Waals surface area contributed by atoms with Crippen molar-refractivity contribution in [2.75, 3.05) is 5.32 Å². The Balaban J connectivity index is 2.65. The molecule has 0 unspecified atom stereocenters. The van der Waals surface area contributed by atoms with E-state index in [-0.39, 0.29) is 11.6 Å². The van der Waals surface area contributed by atoms with Crippen molar-refractivity contribution in [3.63, 3.8) is 0 Å². The molecule has 1 aromatic rings. The van der Waals surface area contributed by atoms with E-state index in [1.807, 2.05) is 6.92 Å². The molecular weight excluding hydrogens is 311 g/mol. The number of anilines is 1. The molecule has 126 valence electrons. The lowest BCUT2D eigenvalue weighted by Crippen LogP contribution is -2.29. The van der Waals surface area contributed by atoms with Gasteiger partial charge in [0.2, 0.25) is 5.91 Å². The molecule has 0 aliphatic rings. The summed E-state index contributed by atoms with van der Waals surface area (Å²) >= 11 is 0. The summed E-state index contributed by atoms with van der Waals surface area (Å²) in [6.07, 6.45) is -2.87. The highest BCUT2D eigenvalue weighted by molar-refractivity contribution is 6.00. The number of carbonyl (C=O) groups excluding carboxylic acids is 2. The number of alkyl halides is 3.